The smallest absolute Gasteiger partial charge is 0.287 e. The second kappa shape index (κ2) is 5.81. The maximum Gasteiger partial charge on any atom is 0.287 e. The predicted molar refractivity (Wildman–Crippen MR) is 83.2 cm³/mol. The van der Waals surface area contributed by atoms with Gasteiger partial charge in [0.2, 0.25) is 0 Å². The van der Waals surface area contributed by atoms with Crippen LogP contribution in [-0.4, -0.2) is 16.9 Å². The first-order chi connectivity index (χ1) is 10.7. The Morgan fingerprint density at radius 2 is 1.82 bits per heavy atom. The lowest BCUT2D eigenvalue weighted by molar-refractivity contribution is 0.0989. The summed E-state index contributed by atoms with van der Waals surface area (Å²) in [5.74, 6) is 0.709. The molecule has 0 atom stereocenters. The second-order valence-electron chi connectivity index (χ2n) is 4.80. The molecule has 0 bridgehead atoms. The van der Waals surface area contributed by atoms with E-state index in [0.29, 0.717) is 10.9 Å². The van der Waals surface area contributed by atoms with Crippen LogP contribution in [0.1, 0.15) is 5.56 Å². The summed E-state index contributed by atoms with van der Waals surface area (Å²) in [5, 5.41) is 10.4. The summed E-state index contributed by atoms with van der Waals surface area (Å²) < 4.78 is 6.29. The molecule has 1 N–H and O–H groups in total. The number of aromatic hydroxyl groups is 1. The number of hydrogen-bond donors (Lipinski definition) is 1. The summed E-state index contributed by atoms with van der Waals surface area (Å²) in [6, 6.07) is 15.6. The first-order valence-corrected chi connectivity index (χ1v) is 6.79. The van der Waals surface area contributed by atoms with Crippen molar-refractivity contribution in [2.45, 2.75) is 6.61 Å². The third-order valence-corrected chi connectivity index (χ3v) is 3.38. The number of nitrogens with zero attached hydrogens (tertiary/aromatic N) is 1. The van der Waals surface area contributed by atoms with E-state index in [9.17, 15) is 9.90 Å². The van der Waals surface area contributed by atoms with Gasteiger partial charge < -0.3 is 14.7 Å². The van der Waals surface area contributed by atoms with Crippen LogP contribution in [0.4, 0.5) is 0 Å². The van der Waals surface area contributed by atoms with E-state index in [4.69, 9.17) is 9.57 Å². The van der Waals surface area contributed by atoms with Crippen LogP contribution < -0.4 is 15.1 Å². The quantitative estimate of drug-likeness (QED) is 0.803. The Balaban J connectivity index is 1.92. The number of hydrogen-bond acceptors (Lipinski definition) is 4. The van der Waals surface area contributed by atoms with Gasteiger partial charge >= 0.3 is 0 Å². The molecule has 0 aliphatic carbocycles. The van der Waals surface area contributed by atoms with Crippen LogP contribution >= 0.6 is 0 Å². The zero-order chi connectivity index (χ0) is 15.5. The Kier molecular flexibility index (Phi) is 3.70. The van der Waals surface area contributed by atoms with Crippen LogP contribution in [0.3, 0.4) is 0 Å². The lowest BCUT2D eigenvalue weighted by atomic mass is 10.2. The number of para-hydroxylation sites is 1. The van der Waals surface area contributed by atoms with Crippen molar-refractivity contribution >= 4 is 10.9 Å². The second-order valence-corrected chi connectivity index (χ2v) is 4.80. The van der Waals surface area contributed by atoms with Crippen molar-refractivity contribution in [2.24, 2.45) is 0 Å². The minimum atomic E-state index is -0.412. The number of benzene rings is 2. The van der Waals surface area contributed by atoms with Gasteiger partial charge in [-0.15, -0.1) is 4.73 Å². The highest BCUT2D eigenvalue weighted by Crippen LogP contribution is 2.21. The molecular weight excluding hydrogens is 282 g/mol. The van der Waals surface area contributed by atoms with E-state index in [-0.39, 0.29) is 12.4 Å². The minimum absolute atomic E-state index is 0.0510. The van der Waals surface area contributed by atoms with Crippen LogP contribution in [-0.2, 0) is 6.61 Å². The van der Waals surface area contributed by atoms with E-state index in [1.54, 1.807) is 31.4 Å². The Labute approximate surface area is 126 Å². The van der Waals surface area contributed by atoms with Gasteiger partial charge in [0, 0.05) is 11.5 Å². The zero-order valence-electron chi connectivity index (χ0n) is 12.0. The van der Waals surface area contributed by atoms with Gasteiger partial charge in [0.15, 0.2) is 0 Å². The molecule has 5 nitrogen and oxygen atoms in total. The average Bonchev–Trinajstić information content (AvgIpc) is 2.55. The Morgan fingerprint density at radius 3 is 2.55 bits per heavy atom. The largest absolute Gasteiger partial charge is 0.507 e. The fraction of sp³-hybridized carbons (Fsp3) is 0.118. The van der Waals surface area contributed by atoms with Crippen molar-refractivity contribution in [1.82, 2.24) is 4.73 Å². The normalized spacial score (nSPS) is 10.6. The summed E-state index contributed by atoms with van der Waals surface area (Å²) in [5.41, 5.74) is 1.02. The van der Waals surface area contributed by atoms with E-state index in [2.05, 4.69) is 0 Å². The summed E-state index contributed by atoms with van der Waals surface area (Å²) in [4.78, 5) is 17.7. The Hall–Kier alpha value is -2.95. The molecule has 0 fully saturated rings. The molecule has 2 aromatic carbocycles. The molecule has 0 saturated heterocycles. The number of ether oxygens (including phenoxy) is 1. The average molecular weight is 297 g/mol. The fourth-order valence-corrected chi connectivity index (χ4v) is 2.23. The molecule has 0 saturated carbocycles. The molecule has 0 aliphatic rings. The van der Waals surface area contributed by atoms with Gasteiger partial charge in [-0.3, -0.25) is 4.79 Å². The molecule has 3 aromatic rings. The Morgan fingerprint density at radius 1 is 1.09 bits per heavy atom. The van der Waals surface area contributed by atoms with Crippen LogP contribution in [0.5, 0.6) is 11.5 Å². The number of pyridine rings is 1. The van der Waals surface area contributed by atoms with Crippen molar-refractivity contribution in [2.75, 3.05) is 7.11 Å². The number of fused-ring (bicyclic) bond motifs is 1. The van der Waals surface area contributed by atoms with Crippen LogP contribution in [0.25, 0.3) is 10.9 Å². The molecule has 3 rings (SSSR count). The summed E-state index contributed by atoms with van der Waals surface area (Å²) in [6.45, 7) is 0.235. The molecule has 0 spiro atoms. The van der Waals surface area contributed by atoms with E-state index in [1.165, 1.54) is 4.73 Å². The van der Waals surface area contributed by atoms with Crippen molar-refractivity contribution < 1.29 is 14.7 Å². The molecule has 0 unspecified atom stereocenters. The van der Waals surface area contributed by atoms with Crippen LogP contribution in [0.2, 0.25) is 0 Å². The molecular formula is C17H15NO4. The zero-order valence-corrected chi connectivity index (χ0v) is 12.0. The molecule has 22 heavy (non-hydrogen) atoms. The number of aromatic nitrogens is 1. The van der Waals surface area contributed by atoms with E-state index >= 15 is 0 Å². The highest BCUT2D eigenvalue weighted by atomic mass is 16.7. The summed E-state index contributed by atoms with van der Waals surface area (Å²) >= 11 is 0. The van der Waals surface area contributed by atoms with E-state index in [0.717, 1.165) is 17.4 Å². The monoisotopic (exact) mass is 297 g/mol. The van der Waals surface area contributed by atoms with E-state index < -0.39 is 5.56 Å². The predicted octanol–water partition coefficient (Wildman–Crippen LogP) is 2.34. The van der Waals surface area contributed by atoms with E-state index in [1.807, 2.05) is 24.3 Å². The van der Waals surface area contributed by atoms with Crippen LogP contribution in [0.15, 0.2) is 59.4 Å². The van der Waals surface area contributed by atoms with Gasteiger partial charge in [0.05, 0.1) is 12.6 Å². The third kappa shape index (κ3) is 2.61. The molecule has 5 heteroatoms. The lowest BCUT2D eigenvalue weighted by Gasteiger charge is -2.12. The van der Waals surface area contributed by atoms with Gasteiger partial charge in [0.1, 0.15) is 18.1 Å². The maximum absolute atomic E-state index is 12.0. The molecule has 112 valence electrons. The van der Waals surface area contributed by atoms with Crippen molar-refractivity contribution in [3.8, 4) is 11.5 Å². The number of rotatable bonds is 4. The summed E-state index contributed by atoms with van der Waals surface area (Å²) in [6.07, 6.45) is 0. The highest BCUT2D eigenvalue weighted by Gasteiger charge is 2.08. The standard InChI is InChI=1S/C17H15NO4/c1-21-13-8-6-12(7-9-13)11-22-18-15-5-3-2-4-14(15)16(19)10-17(18)20/h2-10,19H,11H2,1H3. The molecule has 0 amide bonds. The molecule has 0 aliphatic heterocycles. The molecule has 1 heterocycles. The van der Waals surface area contributed by atoms with Crippen molar-refractivity contribution in [1.29, 1.82) is 0 Å². The Bertz CT molecular complexity index is 853. The lowest BCUT2D eigenvalue weighted by Crippen LogP contribution is -2.26. The van der Waals surface area contributed by atoms with Crippen LogP contribution in [0, 0.1) is 0 Å². The van der Waals surface area contributed by atoms with Gasteiger partial charge in [-0.2, -0.15) is 0 Å². The first kappa shape index (κ1) is 14.0. The molecule has 0 radical (unpaired) electrons. The number of methoxy groups -OCH3 is 1. The van der Waals surface area contributed by atoms with Crippen molar-refractivity contribution in [3.05, 3.63) is 70.5 Å². The topological polar surface area (TPSA) is 60.7 Å². The van der Waals surface area contributed by atoms with Gasteiger partial charge in [0.25, 0.3) is 5.56 Å². The summed E-state index contributed by atoms with van der Waals surface area (Å²) in [7, 11) is 1.60. The molecule has 1 aromatic heterocycles. The highest BCUT2D eigenvalue weighted by molar-refractivity contribution is 5.84. The first-order valence-electron chi connectivity index (χ1n) is 6.79. The fourth-order valence-electron chi connectivity index (χ4n) is 2.23. The SMILES string of the molecule is COc1ccc(COn2c(=O)cc(O)c3ccccc32)cc1. The van der Waals surface area contributed by atoms with Crippen molar-refractivity contribution in [3.63, 3.8) is 0 Å². The van der Waals surface area contributed by atoms with Gasteiger partial charge in [-0.25, -0.2) is 0 Å². The third-order valence-electron chi connectivity index (χ3n) is 3.38. The van der Waals surface area contributed by atoms with Gasteiger partial charge in [-0.1, -0.05) is 24.3 Å². The maximum atomic E-state index is 12.0. The van der Waals surface area contributed by atoms with Gasteiger partial charge in [-0.05, 0) is 29.8 Å². The minimum Gasteiger partial charge on any atom is -0.507 e.